The Morgan fingerprint density at radius 2 is 2.29 bits per heavy atom. The quantitative estimate of drug-likeness (QED) is 0.471. The van der Waals surface area contributed by atoms with Gasteiger partial charge in [0.25, 0.3) is 5.69 Å². The molecule has 1 N–H and O–H groups in total. The Bertz CT molecular complexity index is 648. The van der Waals surface area contributed by atoms with Gasteiger partial charge >= 0.3 is 5.97 Å². The first-order chi connectivity index (χ1) is 11.5. The maximum absolute atomic E-state index is 12.2. The van der Waals surface area contributed by atoms with Crippen molar-refractivity contribution in [2.45, 2.75) is 19.4 Å². The predicted octanol–water partition coefficient (Wildman–Crippen LogP) is 1.18. The summed E-state index contributed by atoms with van der Waals surface area (Å²) in [6, 6.07) is 3.26. The summed E-state index contributed by atoms with van der Waals surface area (Å²) in [5.41, 5.74) is 0.165. The van der Waals surface area contributed by atoms with Crippen molar-refractivity contribution in [3.8, 4) is 5.75 Å². The molecule has 0 bridgehead atoms. The number of ether oxygens (including phenoxy) is 2. The molecule has 9 heteroatoms. The molecule has 130 valence electrons. The van der Waals surface area contributed by atoms with Gasteiger partial charge in [0.2, 0.25) is 5.91 Å². The average Bonchev–Trinajstić information content (AvgIpc) is 2.56. The molecule has 1 aromatic rings. The van der Waals surface area contributed by atoms with Crippen LogP contribution >= 0.6 is 0 Å². The number of nitrogens with one attached hydrogen (secondary N) is 1. The van der Waals surface area contributed by atoms with Crippen LogP contribution in [0.3, 0.4) is 0 Å². The van der Waals surface area contributed by atoms with Crippen molar-refractivity contribution in [2.24, 2.45) is 0 Å². The molecule has 0 radical (unpaired) electrons. The Morgan fingerprint density at radius 3 is 2.92 bits per heavy atom. The smallest absolute Gasteiger partial charge is 0.323 e. The summed E-state index contributed by atoms with van der Waals surface area (Å²) in [6.07, 6.45) is -0.0627. The van der Waals surface area contributed by atoms with Crippen LogP contribution in [0.4, 0.5) is 11.4 Å². The molecule has 1 aromatic carbocycles. The minimum absolute atomic E-state index is 0.0627. The molecule has 2 rings (SSSR count). The summed E-state index contributed by atoms with van der Waals surface area (Å²) >= 11 is 0. The number of carbonyl (C=O) groups excluding carboxylic acids is 2. The molecular formula is C15H19N3O6. The summed E-state index contributed by atoms with van der Waals surface area (Å²) in [5, 5.41) is 13.4. The van der Waals surface area contributed by atoms with Gasteiger partial charge in [-0.1, -0.05) is 6.92 Å². The normalized spacial score (nSPS) is 17.9. The minimum Gasteiger partial charge on any atom is -0.494 e. The third-order valence-electron chi connectivity index (χ3n) is 3.79. The zero-order valence-corrected chi connectivity index (χ0v) is 13.5. The molecule has 24 heavy (non-hydrogen) atoms. The number of rotatable bonds is 6. The molecule has 1 fully saturated rings. The second-order valence-electron chi connectivity index (χ2n) is 5.21. The van der Waals surface area contributed by atoms with Gasteiger partial charge in [-0.2, -0.15) is 0 Å². The van der Waals surface area contributed by atoms with Crippen LogP contribution in [-0.4, -0.2) is 54.5 Å². The fraction of sp³-hybridized carbons (Fsp3) is 0.467. The summed E-state index contributed by atoms with van der Waals surface area (Å²) in [7, 11) is 1.35. The van der Waals surface area contributed by atoms with Crippen LogP contribution < -0.4 is 10.1 Å². The highest BCUT2D eigenvalue weighted by Gasteiger charge is 2.32. The number of nitro groups is 1. The molecule has 0 aromatic heterocycles. The molecule has 0 aliphatic carbocycles. The number of anilines is 1. The van der Waals surface area contributed by atoms with Crippen molar-refractivity contribution in [1.29, 1.82) is 0 Å². The number of hydrogen-bond acceptors (Lipinski definition) is 7. The number of esters is 1. The van der Waals surface area contributed by atoms with Crippen LogP contribution in [0.1, 0.15) is 13.3 Å². The van der Waals surface area contributed by atoms with Crippen molar-refractivity contribution in [1.82, 2.24) is 4.90 Å². The van der Waals surface area contributed by atoms with E-state index in [0.717, 1.165) is 0 Å². The minimum atomic E-state index is -0.632. The van der Waals surface area contributed by atoms with E-state index in [4.69, 9.17) is 9.47 Å². The molecule has 1 aliphatic heterocycles. The molecule has 1 saturated heterocycles. The lowest BCUT2D eigenvalue weighted by molar-refractivity contribution is -0.384. The Labute approximate surface area is 138 Å². The predicted molar refractivity (Wildman–Crippen MR) is 84.9 cm³/mol. The highest BCUT2D eigenvalue weighted by atomic mass is 16.6. The number of non-ortho nitro benzene ring substituents is 1. The summed E-state index contributed by atoms with van der Waals surface area (Å²) < 4.78 is 10.1. The molecular weight excluding hydrogens is 318 g/mol. The monoisotopic (exact) mass is 337 g/mol. The van der Waals surface area contributed by atoms with Crippen LogP contribution in [-0.2, 0) is 14.3 Å². The lowest BCUT2D eigenvalue weighted by atomic mass is 10.1. The van der Waals surface area contributed by atoms with Crippen molar-refractivity contribution in [2.75, 3.05) is 32.1 Å². The van der Waals surface area contributed by atoms with E-state index in [2.05, 4.69) is 5.32 Å². The first kappa shape index (κ1) is 17.7. The van der Waals surface area contributed by atoms with E-state index in [1.54, 1.807) is 0 Å². The number of cyclic esters (lactones) is 1. The molecule has 0 saturated carbocycles. The van der Waals surface area contributed by atoms with E-state index in [0.29, 0.717) is 25.4 Å². The van der Waals surface area contributed by atoms with Gasteiger partial charge in [0.15, 0.2) is 0 Å². The van der Waals surface area contributed by atoms with E-state index in [1.165, 1.54) is 25.3 Å². The average molecular weight is 337 g/mol. The zero-order chi connectivity index (χ0) is 17.7. The molecule has 1 atom stereocenters. The summed E-state index contributed by atoms with van der Waals surface area (Å²) in [6.45, 7) is 3.44. The van der Waals surface area contributed by atoms with Crippen LogP contribution in [0.25, 0.3) is 0 Å². The van der Waals surface area contributed by atoms with Crippen LogP contribution in [0.2, 0.25) is 0 Å². The topological polar surface area (TPSA) is 111 Å². The number of nitrogens with zero attached hydrogens (tertiary/aromatic N) is 2. The lowest BCUT2D eigenvalue weighted by Crippen LogP contribution is -2.50. The second-order valence-corrected chi connectivity index (χ2v) is 5.21. The van der Waals surface area contributed by atoms with Gasteiger partial charge in [-0.15, -0.1) is 0 Å². The Kier molecular flexibility index (Phi) is 5.69. The number of carbonyl (C=O) groups is 2. The molecule has 1 heterocycles. The van der Waals surface area contributed by atoms with Gasteiger partial charge in [-0.25, -0.2) is 0 Å². The van der Waals surface area contributed by atoms with Crippen molar-refractivity contribution in [3.63, 3.8) is 0 Å². The van der Waals surface area contributed by atoms with Gasteiger partial charge in [-0.05, 0) is 12.6 Å². The molecule has 0 unspecified atom stereocenters. The maximum Gasteiger partial charge on any atom is 0.323 e. The molecule has 1 amide bonds. The number of amides is 1. The molecule has 1 aliphatic rings. The van der Waals surface area contributed by atoms with Crippen LogP contribution in [0, 0.1) is 10.1 Å². The third kappa shape index (κ3) is 3.99. The van der Waals surface area contributed by atoms with E-state index < -0.39 is 22.8 Å². The van der Waals surface area contributed by atoms with E-state index in [1.807, 2.05) is 11.8 Å². The van der Waals surface area contributed by atoms with Gasteiger partial charge in [0, 0.05) is 12.6 Å². The Hall–Kier alpha value is -2.68. The van der Waals surface area contributed by atoms with Crippen LogP contribution in [0.5, 0.6) is 5.75 Å². The maximum atomic E-state index is 12.2. The Morgan fingerprint density at radius 1 is 1.54 bits per heavy atom. The number of nitro benzene ring substituents is 1. The van der Waals surface area contributed by atoms with Gasteiger partial charge in [-0.3, -0.25) is 24.6 Å². The standard InChI is InChI=1S/C15H19N3O6/c1-3-17-6-7-24-15(20)12(17)9-14(19)16-11-5-4-10(18(21)22)8-13(11)23-2/h4-5,8,12H,3,6-7,9H2,1-2H3,(H,16,19)/t12-/m1/s1. The first-order valence-corrected chi connectivity index (χ1v) is 7.49. The first-order valence-electron chi connectivity index (χ1n) is 7.49. The van der Waals surface area contributed by atoms with Crippen molar-refractivity contribution < 1.29 is 24.0 Å². The number of likely N-dealkylation sites (N-methyl/N-ethyl adjacent to an activating group) is 1. The fourth-order valence-corrected chi connectivity index (χ4v) is 2.53. The van der Waals surface area contributed by atoms with Gasteiger partial charge < -0.3 is 14.8 Å². The van der Waals surface area contributed by atoms with E-state index >= 15 is 0 Å². The number of morpholine rings is 1. The highest BCUT2D eigenvalue weighted by molar-refractivity contribution is 5.95. The summed E-state index contributed by atoms with van der Waals surface area (Å²) in [5.74, 6) is -0.644. The number of benzene rings is 1. The molecule has 9 nitrogen and oxygen atoms in total. The second kappa shape index (κ2) is 7.73. The van der Waals surface area contributed by atoms with Crippen molar-refractivity contribution in [3.05, 3.63) is 28.3 Å². The van der Waals surface area contributed by atoms with E-state index in [-0.39, 0.29) is 17.9 Å². The van der Waals surface area contributed by atoms with Gasteiger partial charge in [0.1, 0.15) is 18.4 Å². The Balaban J connectivity index is 2.09. The van der Waals surface area contributed by atoms with Crippen molar-refractivity contribution >= 4 is 23.3 Å². The third-order valence-corrected chi connectivity index (χ3v) is 3.79. The lowest BCUT2D eigenvalue weighted by Gasteiger charge is -2.32. The largest absolute Gasteiger partial charge is 0.494 e. The zero-order valence-electron chi connectivity index (χ0n) is 13.5. The highest BCUT2D eigenvalue weighted by Crippen LogP contribution is 2.29. The number of hydrogen-bond donors (Lipinski definition) is 1. The van der Waals surface area contributed by atoms with E-state index in [9.17, 15) is 19.7 Å². The SMILES string of the molecule is CCN1CCOC(=O)[C@H]1CC(=O)Nc1ccc([N+](=O)[O-])cc1OC. The van der Waals surface area contributed by atoms with Gasteiger partial charge in [0.05, 0.1) is 30.2 Å². The van der Waals surface area contributed by atoms with Crippen LogP contribution in [0.15, 0.2) is 18.2 Å². The summed E-state index contributed by atoms with van der Waals surface area (Å²) in [4.78, 5) is 36.2. The molecule has 0 spiro atoms. The fourth-order valence-electron chi connectivity index (χ4n) is 2.53. The number of methoxy groups -OCH3 is 1.